The van der Waals surface area contributed by atoms with Crippen molar-refractivity contribution < 1.29 is 32.7 Å². The summed E-state index contributed by atoms with van der Waals surface area (Å²) in [5.74, 6) is -0.654. The van der Waals surface area contributed by atoms with Gasteiger partial charge < -0.3 is 24.5 Å². The van der Waals surface area contributed by atoms with Crippen molar-refractivity contribution in [3.8, 4) is 11.6 Å². The topological polar surface area (TPSA) is 94.9 Å². The van der Waals surface area contributed by atoms with E-state index in [-0.39, 0.29) is 17.2 Å². The van der Waals surface area contributed by atoms with Crippen LogP contribution in [0.3, 0.4) is 0 Å². The van der Waals surface area contributed by atoms with Crippen LogP contribution in [0, 0.1) is 0 Å². The standard InChI is InChI=1S/C24H24F3N5O4/c1-34-32-10-8-31(9-11-32)12-13-35-30-21-16-4-2-3-5-18(16)28-22(21)20-17-14-15(36-24(25,26)27)6-7-19(17)29-23(20)33/h2-7,14,29,33H,8-13H2,1H3/b30-21+. The molecule has 3 heterocycles. The highest BCUT2D eigenvalue weighted by molar-refractivity contribution is 6.58. The summed E-state index contributed by atoms with van der Waals surface area (Å²) in [6.45, 7) is 4.28. The summed E-state index contributed by atoms with van der Waals surface area (Å²) < 4.78 is 42.4. The third kappa shape index (κ3) is 5.01. The molecule has 9 nitrogen and oxygen atoms in total. The molecule has 0 saturated carbocycles. The zero-order valence-electron chi connectivity index (χ0n) is 19.4. The molecule has 2 aliphatic heterocycles. The molecule has 2 aliphatic rings. The minimum absolute atomic E-state index is 0.215. The molecule has 2 N–H and O–H groups in total. The van der Waals surface area contributed by atoms with Crippen LogP contribution in [0.25, 0.3) is 10.9 Å². The van der Waals surface area contributed by atoms with Gasteiger partial charge in [-0.3, -0.25) is 4.90 Å². The minimum atomic E-state index is -4.84. The Morgan fingerprint density at radius 3 is 2.64 bits per heavy atom. The molecule has 0 amide bonds. The number of H-pyrrole nitrogens is 1. The second-order valence-electron chi connectivity index (χ2n) is 8.31. The molecule has 0 atom stereocenters. The van der Waals surface area contributed by atoms with E-state index < -0.39 is 12.1 Å². The van der Waals surface area contributed by atoms with Gasteiger partial charge in [0.2, 0.25) is 0 Å². The maximum atomic E-state index is 12.8. The SMILES string of the molecule is CON1CCN(CCO/N=C2/C(c3c(O)[nH]c4ccc(OC(F)(F)F)cc34)=Nc3ccccc32)CC1. The lowest BCUT2D eigenvalue weighted by Gasteiger charge is -2.32. The first-order chi connectivity index (χ1) is 17.3. The molecule has 2 aromatic carbocycles. The largest absolute Gasteiger partial charge is 0.573 e. The zero-order valence-corrected chi connectivity index (χ0v) is 19.4. The van der Waals surface area contributed by atoms with Gasteiger partial charge in [-0.05, 0) is 24.3 Å². The average Bonchev–Trinajstić information content (AvgIpc) is 3.37. The number of hydrogen-bond donors (Lipinski definition) is 2. The summed E-state index contributed by atoms with van der Waals surface area (Å²) in [5.41, 5.74) is 2.61. The number of aliphatic imine (C=N–C) groups is 1. The van der Waals surface area contributed by atoms with Gasteiger partial charge in [0, 0.05) is 49.2 Å². The number of ether oxygens (including phenoxy) is 1. The molecule has 1 fully saturated rings. The Morgan fingerprint density at radius 2 is 1.89 bits per heavy atom. The number of hydroxylamine groups is 2. The number of hydrogen-bond acceptors (Lipinski definition) is 8. The first-order valence-electron chi connectivity index (χ1n) is 11.3. The van der Waals surface area contributed by atoms with E-state index in [0.29, 0.717) is 41.0 Å². The Morgan fingerprint density at radius 1 is 1.11 bits per heavy atom. The van der Waals surface area contributed by atoms with Crippen molar-refractivity contribution in [3.05, 3.63) is 53.6 Å². The van der Waals surface area contributed by atoms with Crippen LogP contribution >= 0.6 is 0 Å². The summed E-state index contributed by atoms with van der Waals surface area (Å²) in [4.78, 5) is 20.5. The van der Waals surface area contributed by atoms with Crippen LogP contribution in [0.2, 0.25) is 0 Å². The summed E-state index contributed by atoms with van der Waals surface area (Å²) in [6, 6.07) is 11.0. The Balaban J connectivity index is 1.41. The van der Waals surface area contributed by atoms with Crippen molar-refractivity contribution in [2.45, 2.75) is 6.36 Å². The second-order valence-corrected chi connectivity index (χ2v) is 8.31. The third-order valence-corrected chi connectivity index (χ3v) is 6.08. The number of aromatic hydroxyl groups is 1. The van der Waals surface area contributed by atoms with Gasteiger partial charge in [0.1, 0.15) is 23.8 Å². The molecule has 12 heteroatoms. The molecule has 0 radical (unpaired) electrons. The van der Waals surface area contributed by atoms with Gasteiger partial charge in [-0.15, -0.1) is 13.2 Å². The molecule has 0 bridgehead atoms. The highest BCUT2D eigenvalue weighted by Crippen LogP contribution is 2.37. The van der Waals surface area contributed by atoms with Gasteiger partial charge in [0.05, 0.1) is 18.4 Å². The molecule has 0 spiro atoms. The zero-order chi connectivity index (χ0) is 25.3. The van der Waals surface area contributed by atoms with Crippen LogP contribution in [-0.4, -0.2) is 84.3 Å². The van der Waals surface area contributed by atoms with Crippen LogP contribution in [0.15, 0.2) is 52.6 Å². The van der Waals surface area contributed by atoms with E-state index in [9.17, 15) is 18.3 Å². The van der Waals surface area contributed by atoms with Gasteiger partial charge in [-0.1, -0.05) is 23.4 Å². The van der Waals surface area contributed by atoms with Gasteiger partial charge in [0.25, 0.3) is 0 Å². The predicted octanol–water partition coefficient (Wildman–Crippen LogP) is 3.81. The van der Waals surface area contributed by atoms with Crippen molar-refractivity contribution in [2.24, 2.45) is 10.1 Å². The van der Waals surface area contributed by atoms with E-state index in [1.54, 1.807) is 13.2 Å². The number of oxime groups is 1. The van der Waals surface area contributed by atoms with Crippen LogP contribution in [0.4, 0.5) is 18.9 Å². The van der Waals surface area contributed by atoms with Gasteiger partial charge in [-0.25, -0.2) is 4.99 Å². The van der Waals surface area contributed by atoms with Crippen molar-refractivity contribution >= 4 is 28.0 Å². The van der Waals surface area contributed by atoms with Crippen LogP contribution in [0.5, 0.6) is 11.6 Å². The highest BCUT2D eigenvalue weighted by Gasteiger charge is 2.33. The second kappa shape index (κ2) is 9.80. The third-order valence-electron chi connectivity index (χ3n) is 6.08. The van der Waals surface area contributed by atoms with E-state index in [2.05, 4.69) is 24.8 Å². The first-order valence-corrected chi connectivity index (χ1v) is 11.3. The predicted molar refractivity (Wildman–Crippen MR) is 127 cm³/mol. The molecule has 0 unspecified atom stereocenters. The minimum Gasteiger partial charge on any atom is -0.494 e. The van der Waals surface area contributed by atoms with Crippen LogP contribution < -0.4 is 4.74 Å². The fraction of sp³-hybridized carbons (Fsp3) is 0.333. The Bertz CT molecular complexity index is 1310. The molecule has 5 rings (SSSR count). The number of para-hydroxylation sites is 1. The van der Waals surface area contributed by atoms with Crippen molar-refractivity contribution in [1.82, 2.24) is 14.9 Å². The maximum Gasteiger partial charge on any atom is 0.573 e. The smallest absolute Gasteiger partial charge is 0.494 e. The highest BCUT2D eigenvalue weighted by atomic mass is 19.4. The van der Waals surface area contributed by atoms with Gasteiger partial charge in [-0.2, -0.15) is 5.06 Å². The van der Waals surface area contributed by atoms with E-state index in [4.69, 9.17) is 9.68 Å². The lowest BCUT2D eigenvalue weighted by atomic mass is 10.0. The number of fused-ring (bicyclic) bond motifs is 2. The number of aromatic amines is 1. The molecule has 3 aromatic rings. The molecule has 190 valence electrons. The lowest BCUT2D eigenvalue weighted by Crippen LogP contribution is -2.46. The number of rotatable bonds is 7. The average molecular weight is 503 g/mol. The van der Waals surface area contributed by atoms with Gasteiger partial charge in [0.15, 0.2) is 5.88 Å². The summed E-state index contributed by atoms with van der Waals surface area (Å²) >= 11 is 0. The summed E-state index contributed by atoms with van der Waals surface area (Å²) in [6.07, 6.45) is -4.84. The molecular weight excluding hydrogens is 479 g/mol. The van der Waals surface area contributed by atoms with Crippen molar-refractivity contribution in [1.29, 1.82) is 0 Å². The number of piperazine rings is 1. The Hall–Kier alpha value is -3.61. The molecular formula is C24H24F3N5O4. The van der Waals surface area contributed by atoms with E-state index in [0.717, 1.165) is 26.2 Å². The number of aromatic nitrogens is 1. The molecule has 1 saturated heterocycles. The summed E-state index contributed by atoms with van der Waals surface area (Å²) in [5, 5.41) is 17.2. The van der Waals surface area contributed by atoms with Crippen molar-refractivity contribution in [3.63, 3.8) is 0 Å². The van der Waals surface area contributed by atoms with Gasteiger partial charge >= 0.3 is 6.36 Å². The first kappa shape index (κ1) is 24.1. The van der Waals surface area contributed by atoms with Crippen molar-refractivity contribution in [2.75, 3.05) is 46.4 Å². The monoisotopic (exact) mass is 503 g/mol. The molecule has 0 aliphatic carbocycles. The van der Waals surface area contributed by atoms with Crippen LogP contribution in [-0.2, 0) is 9.68 Å². The normalized spacial score (nSPS) is 18.0. The number of halogens is 3. The Labute approximate surface area is 204 Å². The number of nitrogens with one attached hydrogen (secondary N) is 1. The fourth-order valence-corrected chi connectivity index (χ4v) is 4.35. The Kier molecular flexibility index (Phi) is 6.56. The summed E-state index contributed by atoms with van der Waals surface area (Å²) in [7, 11) is 1.66. The fourth-order valence-electron chi connectivity index (χ4n) is 4.35. The number of benzene rings is 2. The quantitative estimate of drug-likeness (QED) is 0.376. The van der Waals surface area contributed by atoms with Crippen LogP contribution in [0.1, 0.15) is 11.1 Å². The molecule has 36 heavy (non-hydrogen) atoms. The van der Waals surface area contributed by atoms with E-state index >= 15 is 0 Å². The maximum absolute atomic E-state index is 12.8. The number of nitrogens with zero attached hydrogens (tertiary/aromatic N) is 4. The lowest BCUT2D eigenvalue weighted by molar-refractivity contribution is -0.274. The number of alkyl halides is 3. The van der Waals surface area contributed by atoms with E-state index in [1.807, 2.05) is 23.3 Å². The molecule has 1 aromatic heterocycles. The van der Waals surface area contributed by atoms with E-state index in [1.165, 1.54) is 18.2 Å².